The van der Waals surface area contributed by atoms with Crippen molar-refractivity contribution in [1.82, 2.24) is 19.6 Å². The van der Waals surface area contributed by atoms with Crippen LogP contribution in [0.25, 0.3) is 0 Å². The zero-order valence-corrected chi connectivity index (χ0v) is 13.3. The lowest BCUT2D eigenvalue weighted by Crippen LogP contribution is -2.13. The first-order chi connectivity index (χ1) is 11.0. The van der Waals surface area contributed by atoms with Gasteiger partial charge in [-0.2, -0.15) is 10.2 Å². The van der Waals surface area contributed by atoms with Crippen molar-refractivity contribution >= 4 is 34.8 Å². The molecule has 0 aliphatic rings. The number of hydrogen-bond acceptors (Lipinski definition) is 5. The van der Waals surface area contributed by atoms with Crippen molar-refractivity contribution < 1.29 is 9.59 Å². The van der Waals surface area contributed by atoms with Crippen LogP contribution < -0.4 is 10.6 Å². The van der Waals surface area contributed by atoms with Gasteiger partial charge in [0.25, 0.3) is 11.8 Å². The quantitative estimate of drug-likeness (QED) is 0.761. The molecule has 2 amide bonds. The first-order valence-corrected chi connectivity index (χ1v) is 7.61. The number of aryl methyl sites for hydroxylation is 2. The molecule has 0 saturated heterocycles. The molecule has 0 radical (unpaired) electrons. The minimum atomic E-state index is -0.393. The molecule has 23 heavy (non-hydrogen) atoms. The molecule has 8 nitrogen and oxygen atoms in total. The van der Waals surface area contributed by atoms with Crippen LogP contribution in [0.15, 0.2) is 35.8 Å². The molecular formula is C14H14N6O2S. The number of hydrogen-bond donors (Lipinski definition) is 2. The highest BCUT2D eigenvalue weighted by atomic mass is 32.1. The van der Waals surface area contributed by atoms with Gasteiger partial charge in [-0.1, -0.05) is 6.07 Å². The summed E-state index contributed by atoms with van der Waals surface area (Å²) in [4.78, 5) is 24.8. The molecule has 3 rings (SSSR count). The highest BCUT2D eigenvalue weighted by Crippen LogP contribution is 2.15. The van der Waals surface area contributed by atoms with Crippen molar-refractivity contribution in [3.05, 3.63) is 46.4 Å². The lowest BCUT2D eigenvalue weighted by atomic mass is 10.4. The topological polar surface area (TPSA) is 93.8 Å². The molecular weight excluding hydrogens is 316 g/mol. The normalized spacial score (nSPS) is 10.5. The van der Waals surface area contributed by atoms with Gasteiger partial charge in [0.15, 0.2) is 11.5 Å². The molecule has 0 bridgehead atoms. The molecule has 0 aliphatic heterocycles. The van der Waals surface area contributed by atoms with Crippen molar-refractivity contribution in [2.45, 2.75) is 0 Å². The van der Waals surface area contributed by atoms with E-state index in [0.29, 0.717) is 16.5 Å². The SMILES string of the molecule is Cn1ccc(NC(=O)c2cc(NC(=O)c3cccs3)n(C)n2)n1. The summed E-state index contributed by atoms with van der Waals surface area (Å²) < 4.78 is 3.03. The summed E-state index contributed by atoms with van der Waals surface area (Å²) >= 11 is 1.34. The van der Waals surface area contributed by atoms with Gasteiger partial charge in [-0.3, -0.25) is 19.0 Å². The van der Waals surface area contributed by atoms with E-state index in [0.717, 1.165) is 0 Å². The van der Waals surface area contributed by atoms with E-state index in [9.17, 15) is 9.59 Å². The molecule has 0 aliphatic carbocycles. The standard InChI is InChI=1S/C14H14N6O2S/c1-19-6-5-11(18-19)15-13(21)9-8-12(20(2)17-9)16-14(22)10-4-3-7-23-10/h3-8H,1-2H3,(H,16,22)(H,15,18,21). The van der Waals surface area contributed by atoms with Gasteiger partial charge in [0.1, 0.15) is 5.82 Å². The van der Waals surface area contributed by atoms with Gasteiger partial charge in [-0.25, -0.2) is 0 Å². The number of aromatic nitrogens is 4. The smallest absolute Gasteiger partial charge is 0.277 e. The third kappa shape index (κ3) is 3.29. The molecule has 0 saturated carbocycles. The van der Waals surface area contributed by atoms with Crippen LogP contribution in [0.1, 0.15) is 20.2 Å². The summed E-state index contributed by atoms with van der Waals surface area (Å²) in [5.74, 6) is 0.248. The maximum atomic E-state index is 12.2. The molecule has 0 aromatic carbocycles. The fourth-order valence-corrected chi connectivity index (χ4v) is 2.56. The monoisotopic (exact) mass is 330 g/mol. The summed E-state index contributed by atoms with van der Waals surface area (Å²) in [6.07, 6.45) is 1.72. The van der Waals surface area contributed by atoms with Gasteiger partial charge in [0, 0.05) is 32.4 Å². The van der Waals surface area contributed by atoms with Crippen molar-refractivity contribution in [1.29, 1.82) is 0 Å². The highest BCUT2D eigenvalue weighted by Gasteiger charge is 2.16. The molecule has 9 heteroatoms. The van der Waals surface area contributed by atoms with E-state index in [4.69, 9.17) is 0 Å². The van der Waals surface area contributed by atoms with Crippen LogP contribution in [0.3, 0.4) is 0 Å². The Morgan fingerprint density at radius 2 is 1.96 bits per heavy atom. The molecule has 0 atom stereocenters. The van der Waals surface area contributed by atoms with Crippen LogP contribution in [0.4, 0.5) is 11.6 Å². The second-order valence-electron chi connectivity index (χ2n) is 4.80. The van der Waals surface area contributed by atoms with Gasteiger partial charge in [-0.05, 0) is 11.4 Å². The average Bonchev–Trinajstić information content (AvgIpc) is 3.22. The Balaban J connectivity index is 1.72. The van der Waals surface area contributed by atoms with Crippen LogP contribution in [0, 0.1) is 0 Å². The van der Waals surface area contributed by atoms with Gasteiger partial charge >= 0.3 is 0 Å². The zero-order chi connectivity index (χ0) is 16.4. The van der Waals surface area contributed by atoms with Gasteiger partial charge in [0.2, 0.25) is 0 Å². The van der Waals surface area contributed by atoms with Crippen LogP contribution in [0.5, 0.6) is 0 Å². The van der Waals surface area contributed by atoms with E-state index >= 15 is 0 Å². The molecule has 0 spiro atoms. The Kier molecular flexibility index (Phi) is 3.94. The molecule has 0 fully saturated rings. The fourth-order valence-electron chi connectivity index (χ4n) is 1.94. The molecule has 2 N–H and O–H groups in total. The van der Waals surface area contributed by atoms with Crippen LogP contribution in [-0.2, 0) is 14.1 Å². The first kappa shape index (κ1) is 15.0. The first-order valence-electron chi connectivity index (χ1n) is 6.73. The number of rotatable bonds is 4. The Bertz CT molecular complexity index is 849. The second kappa shape index (κ2) is 6.05. The molecule has 3 heterocycles. The van der Waals surface area contributed by atoms with Crippen molar-refractivity contribution in [3.63, 3.8) is 0 Å². The largest absolute Gasteiger partial charge is 0.306 e. The number of anilines is 2. The minimum absolute atomic E-state index is 0.194. The third-order valence-electron chi connectivity index (χ3n) is 3.05. The van der Waals surface area contributed by atoms with E-state index in [-0.39, 0.29) is 11.6 Å². The van der Waals surface area contributed by atoms with Crippen LogP contribution in [0.2, 0.25) is 0 Å². The molecule has 0 unspecified atom stereocenters. The Labute approximate surface area is 135 Å². The summed E-state index contributed by atoms with van der Waals surface area (Å²) in [6.45, 7) is 0. The van der Waals surface area contributed by atoms with Crippen molar-refractivity contribution in [3.8, 4) is 0 Å². The average molecular weight is 330 g/mol. The van der Waals surface area contributed by atoms with Gasteiger partial charge in [0.05, 0.1) is 4.88 Å². The zero-order valence-electron chi connectivity index (χ0n) is 12.5. The van der Waals surface area contributed by atoms with E-state index in [1.165, 1.54) is 22.1 Å². The van der Waals surface area contributed by atoms with Crippen molar-refractivity contribution in [2.75, 3.05) is 10.6 Å². The predicted molar refractivity (Wildman–Crippen MR) is 86.6 cm³/mol. The molecule has 3 aromatic rings. The lowest BCUT2D eigenvalue weighted by molar-refractivity contribution is 0.101. The van der Waals surface area contributed by atoms with Crippen molar-refractivity contribution in [2.24, 2.45) is 14.1 Å². The number of nitrogens with one attached hydrogen (secondary N) is 2. The predicted octanol–water partition coefficient (Wildman–Crippen LogP) is 1.72. The summed E-state index contributed by atoms with van der Waals surface area (Å²) in [5, 5.41) is 15.4. The Morgan fingerprint density at radius 1 is 1.13 bits per heavy atom. The van der Waals surface area contributed by atoms with Crippen LogP contribution in [-0.4, -0.2) is 31.4 Å². The maximum Gasteiger partial charge on any atom is 0.277 e. The number of nitrogens with zero attached hydrogens (tertiary/aromatic N) is 4. The van der Waals surface area contributed by atoms with Crippen LogP contribution >= 0.6 is 11.3 Å². The van der Waals surface area contributed by atoms with E-state index < -0.39 is 5.91 Å². The lowest BCUT2D eigenvalue weighted by Gasteiger charge is -2.02. The summed E-state index contributed by atoms with van der Waals surface area (Å²) in [5.41, 5.74) is 0.194. The van der Waals surface area contributed by atoms with Gasteiger partial charge < -0.3 is 10.6 Å². The Morgan fingerprint density at radius 3 is 2.61 bits per heavy atom. The number of amides is 2. The number of thiophene rings is 1. The fraction of sp³-hybridized carbons (Fsp3) is 0.143. The van der Waals surface area contributed by atoms with E-state index in [1.807, 2.05) is 5.38 Å². The minimum Gasteiger partial charge on any atom is -0.306 e. The second-order valence-corrected chi connectivity index (χ2v) is 5.75. The van der Waals surface area contributed by atoms with E-state index in [1.54, 1.807) is 43.2 Å². The summed E-state index contributed by atoms with van der Waals surface area (Å²) in [7, 11) is 3.41. The third-order valence-corrected chi connectivity index (χ3v) is 3.92. The number of carbonyl (C=O) groups excluding carboxylic acids is 2. The van der Waals surface area contributed by atoms with Gasteiger partial charge in [-0.15, -0.1) is 11.3 Å². The Hall–Kier alpha value is -2.94. The number of carbonyl (C=O) groups is 2. The molecule has 3 aromatic heterocycles. The highest BCUT2D eigenvalue weighted by molar-refractivity contribution is 7.12. The summed E-state index contributed by atoms with van der Waals surface area (Å²) in [6, 6.07) is 6.73. The molecule has 118 valence electrons. The van der Waals surface area contributed by atoms with E-state index in [2.05, 4.69) is 20.8 Å². The maximum absolute atomic E-state index is 12.2.